The van der Waals surface area contributed by atoms with Crippen molar-refractivity contribution in [1.29, 1.82) is 0 Å². The summed E-state index contributed by atoms with van der Waals surface area (Å²) in [5.41, 5.74) is 7.35. The summed E-state index contributed by atoms with van der Waals surface area (Å²) in [5, 5.41) is 27.4. The van der Waals surface area contributed by atoms with Gasteiger partial charge in [-0.15, -0.1) is 0 Å². The van der Waals surface area contributed by atoms with E-state index in [-0.39, 0.29) is 18.6 Å². The number of rotatable bonds is 17. The Morgan fingerprint density at radius 2 is 1.23 bits per heavy atom. The summed E-state index contributed by atoms with van der Waals surface area (Å²) in [6.07, 6.45) is 4.64. The molecule has 0 saturated heterocycles. The topological polar surface area (TPSA) is 171 Å². The van der Waals surface area contributed by atoms with Crippen LogP contribution in [0.25, 0.3) is 0 Å². The van der Waals surface area contributed by atoms with E-state index in [1.54, 1.807) is 48.2 Å². The maximum absolute atomic E-state index is 13.4. The van der Waals surface area contributed by atoms with Crippen LogP contribution in [0.5, 0.6) is 5.75 Å². The lowest BCUT2D eigenvalue weighted by Crippen LogP contribution is -2.58. The number of nitrogens with two attached hydrogens (primary N) is 1. The molecular formula is C28H38N4O6S2. The molecule has 0 aliphatic carbocycles. The first-order valence-corrected chi connectivity index (χ1v) is 15.6. The zero-order chi connectivity index (χ0) is 29.5. The van der Waals surface area contributed by atoms with Gasteiger partial charge in [0.15, 0.2) is 0 Å². The van der Waals surface area contributed by atoms with Crippen molar-refractivity contribution in [3.63, 3.8) is 0 Å². The number of thioether (sulfide) groups is 2. The average molecular weight is 591 g/mol. The van der Waals surface area contributed by atoms with Crippen molar-refractivity contribution in [3.8, 4) is 5.75 Å². The van der Waals surface area contributed by atoms with Crippen LogP contribution in [0.15, 0.2) is 54.6 Å². The van der Waals surface area contributed by atoms with Gasteiger partial charge in [0.2, 0.25) is 17.7 Å². The Morgan fingerprint density at radius 3 is 1.82 bits per heavy atom. The molecular weight excluding hydrogens is 552 g/mol. The number of carboxylic acid groups (broad SMARTS) is 1. The van der Waals surface area contributed by atoms with Crippen LogP contribution in [0.4, 0.5) is 0 Å². The second-order valence-corrected chi connectivity index (χ2v) is 11.2. The van der Waals surface area contributed by atoms with E-state index in [0.717, 1.165) is 5.56 Å². The molecule has 0 bridgehead atoms. The first-order chi connectivity index (χ1) is 19.1. The van der Waals surface area contributed by atoms with E-state index in [9.17, 15) is 29.4 Å². The molecule has 218 valence electrons. The van der Waals surface area contributed by atoms with Gasteiger partial charge in [-0.2, -0.15) is 23.5 Å². The van der Waals surface area contributed by atoms with E-state index in [0.29, 0.717) is 29.9 Å². The molecule has 0 aliphatic rings. The molecule has 7 N–H and O–H groups in total. The Balaban J connectivity index is 2.24. The summed E-state index contributed by atoms with van der Waals surface area (Å²) in [4.78, 5) is 51.4. The summed E-state index contributed by atoms with van der Waals surface area (Å²) >= 11 is 3.07. The van der Waals surface area contributed by atoms with Gasteiger partial charge in [0.25, 0.3) is 0 Å². The number of aliphatic carboxylic acids is 1. The smallest absolute Gasteiger partial charge is 0.326 e. The summed E-state index contributed by atoms with van der Waals surface area (Å²) in [6, 6.07) is 10.9. The van der Waals surface area contributed by atoms with Crippen molar-refractivity contribution in [2.24, 2.45) is 5.73 Å². The van der Waals surface area contributed by atoms with Gasteiger partial charge in [-0.05, 0) is 60.1 Å². The number of benzene rings is 2. The Bertz CT molecular complexity index is 1100. The number of hydrogen-bond acceptors (Lipinski definition) is 8. The van der Waals surface area contributed by atoms with E-state index in [2.05, 4.69) is 16.0 Å². The van der Waals surface area contributed by atoms with E-state index in [1.165, 1.54) is 23.9 Å². The highest BCUT2D eigenvalue weighted by Gasteiger charge is 2.30. The lowest BCUT2D eigenvalue weighted by molar-refractivity contribution is -0.142. The third-order valence-electron chi connectivity index (χ3n) is 6.12. The normalized spacial score (nSPS) is 13.9. The summed E-state index contributed by atoms with van der Waals surface area (Å²) in [6.45, 7) is 0. The standard InChI is InChI=1S/C28H38N4O6S2/c1-39-14-12-21(29)25(34)30-22(13-15-40-2)26(35)31-23(16-19-8-10-20(33)11-9-19)27(36)32-24(28(37)38)17-18-6-4-3-5-7-18/h3-11,21-24,33H,12-17,29H2,1-2H3,(H,30,34)(H,31,35)(H,32,36)(H,37,38). The van der Waals surface area contributed by atoms with Crippen molar-refractivity contribution in [2.75, 3.05) is 24.0 Å². The van der Waals surface area contributed by atoms with Crippen LogP contribution >= 0.6 is 23.5 Å². The van der Waals surface area contributed by atoms with Crippen LogP contribution in [0.2, 0.25) is 0 Å². The van der Waals surface area contributed by atoms with Crippen molar-refractivity contribution in [1.82, 2.24) is 16.0 Å². The van der Waals surface area contributed by atoms with Gasteiger partial charge in [0, 0.05) is 12.8 Å². The number of phenols is 1. The minimum atomic E-state index is -1.23. The highest BCUT2D eigenvalue weighted by Crippen LogP contribution is 2.13. The van der Waals surface area contributed by atoms with Crippen LogP contribution in [-0.2, 0) is 32.0 Å². The fourth-order valence-electron chi connectivity index (χ4n) is 3.83. The van der Waals surface area contributed by atoms with Gasteiger partial charge in [-0.1, -0.05) is 42.5 Å². The number of carbonyl (C=O) groups excluding carboxylic acids is 3. The molecule has 4 unspecified atom stereocenters. The van der Waals surface area contributed by atoms with Gasteiger partial charge >= 0.3 is 5.97 Å². The highest BCUT2D eigenvalue weighted by atomic mass is 32.2. The average Bonchev–Trinajstić information content (AvgIpc) is 2.94. The molecule has 3 amide bonds. The zero-order valence-electron chi connectivity index (χ0n) is 22.7. The lowest BCUT2D eigenvalue weighted by atomic mass is 10.0. The summed E-state index contributed by atoms with van der Waals surface area (Å²) in [7, 11) is 0. The number of phenolic OH excluding ortho intramolecular Hbond substituents is 1. The van der Waals surface area contributed by atoms with Gasteiger partial charge in [-0.3, -0.25) is 14.4 Å². The third kappa shape index (κ3) is 11.5. The van der Waals surface area contributed by atoms with Crippen molar-refractivity contribution in [2.45, 2.75) is 49.9 Å². The van der Waals surface area contributed by atoms with Crippen LogP contribution in [0.3, 0.4) is 0 Å². The van der Waals surface area contributed by atoms with Crippen molar-refractivity contribution in [3.05, 3.63) is 65.7 Å². The monoisotopic (exact) mass is 590 g/mol. The maximum Gasteiger partial charge on any atom is 0.326 e. The SMILES string of the molecule is CSCCC(N)C(=O)NC(CCSC)C(=O)NC(Cc1ccc(O)cc1)C(=O)NC(Cc1ccccc1)C(=O)O. The Hall–Kier alpha value is -3.22. The Labute approximate surface area is 243 Å². The molecule has 2 rings (SSSR count). The highest BCUT2D eigenvalue weighted by molar-refractivity contribution is 7.98. The summed E-state index contributed by atoms with van der Waals surface area (Å²) < 4.78 is 0. The quantitative estimate of drug-likeness (QED) is 0.160. The number of aromatic hydroxyl groups is 1. The number of hydrogen-bond donors (Lipinski definition) is 6. The molecule has 0 fully saturated rings. The molecule has 4 atom stereocenters. The minimum Gasteiger partial charge on any atom is -0.508 e. The van der Waals surface area contributed by atoms with Gasteiger partial charge in [-0.25, -0.2) is 4.79 Å². The zero-order valence-corrected chi connectivity index (χ0v) is 24.3. The minimum absolute atomic E-state index is 0.0337. The van der Waals surface area contributed by atoms with Crippen LogP contribution < -0.4 is 21.7 Å². The number of nitrogens with one attached hydrogen (secondary N) is 3. The molecule has 0 saturated carbocycles. The molecule has 12 heteroatoms. The molecule has 40 heavy (non-hydrogen) atoms. The number of amides is 3. The van der Waals surface area contributed by atoms with E-state index < -0.39 is 47.9 Å². The molecule has 2 aromatic rings. The van der Waals surface area contributed by atoms with E-state index >= 15 is 0 Å². The number of carboxylic acids is 1. The fraction of sp³-hybridized carbons (Fsp3) is 0.429. The summed E-state index contributed by atoms with van der Waals surface area (Å²) in [5.74, 6) is -1.62. The second kappa shape index (κ2) is 17.5. The molecule has 0 heterocycles. The Kier molecular flexibility index (Phi) is 14.4. The predicted octanol–water partition coefficient (Wildman–Crippen LogP) is 1.55. The Morgan fingerprint density at radius 1 is 0.725 bits per heavy atom. The van der Waals surface area contributed by atoms with E-state index in [4.69, 9.17) is 5.73 Å². The molecule has 0 spiro atoms. The van der Waals surface area contributed by atoms with Crippen molar-refractivity contribution < 1.29 is 29.4 Å². The largest absolute Gasteiger partial charge is 0.508 e. The molecule has 2 aromatic carbocycles. The molecule has 0 aromatic heterocycles. The van der Waals surface area contributed by atoms with E-state index in [1.807, 2.05) is 18.6 Å². The molecule has 0 radical (unpaired) electrons. The third-order valence-corrected chi connectivity index (χ3v) is 7.41. The van der Waals surface area contributed by atoms with Gasteiger partial charge in [0.05, 0.1) is 6.04 Å². The van der Waals surface area contributed by atoms with Crippen LogP contribution in [0.1, 0.15) is 24.0 Å². The molecule has 0 aliphatic heterocycles. The van der Waals surface area contributed by atoms with Crippen LogP contribution in [0, 0.1) is 0 Å². The second-order valence-electron chi connectivity index (χ2n) is 9.25. The van der Waals surface area contributed by atoms with Gasteiger partial charge in [0.1, 0.15) is 23.9 Å². The molecule has 10 nitrogen and oxygen atoms in total. The predicted molar refractivity (Wildman–Crippen MR) is 159 cm³/mol. The first-order valence-electron chi connectivity index (χ1n) is 12.8. The fourth-order valence-corrected chi connectivity index (χ4v) is 4.79. The lowest BCUT2D eigenvalue weighted by Gasteiger charge is -2.25. The van der Waals surface area contributed by atoms with Crippen LogP contribution in [-0.4, -0.2) is 82.1 Å². The first kappa shape index (κ1) is 33.0. The van der Waals surface area contributed by atoms with Gasteiger partial charge < -0.3 is 31.9 Å². The maximum atomic E-state index is 13.4. The number of carbonyl (C=O) groups is 4. The van der Waals surface area contributed by atoms with Crippen molar-refractivity contribution >= 4 is 47.2 Å².